The molecule has 1 aromatic carbocycles. The first-order valence-electron chi connectivity index (χ1n) is 9.30. The summed E-state index contributed by atoms with van der Waals surface area (Å²) in [6, 6.07) is 4.54. The summed E-state index contributed by atoms with van der Waals surface area (Å²) in [4.78, 5) is 0. The molecule has 0 bridgehead atoms. The van der Waals surface area contributed by atoms with Crippen molar-refractivity contribution in [2.45, 2.75) is 52.5 Å². The first-order chi connectivity index (χ1) is 12.4. The Kier molecular flexibility index (Phi) is 6.72. The van der Waals surface area contributed by atoms with Gasteiger partial charge in [-0.15, -0.1) is 13.2 Å². The molecule has 2 heteroatoms. The van der Waals surface area contributed by atoms with Gasteiger partial charge >= 0.3 is 0 Å². The lowest BCUT2D eigenvalue weighted by atomic mass is 9.91. The summed E-state index contributed by atoms with van der Waals surface area (Å²) < 4.78 is 2.28. The van der Waals surface area contributed by atoms with E-state index in [-0.39, 0.29) is 6.04 Å². The van der Waals surface area contributed by atoms with E-state index in [1.807, 2.05) is 19.1 Å². The molecule has 0 aliphatic heterocycles. The minimum atomic E-state index is 0.177. The van der Waals surface area contributed by atoms with Crippen molar-refractivity contribution in [3.8, 4) is 0 Å². The van der Waals surface area contributed by atoms with Gasteiger partial charge in [-0.2, -0.15) is 0 Å². The summed E-state index contributed by atoms with van der Waals surface area (Å²) in [5.74, 6) is 0.379. The summed E-state index contributed by atoms with van der Waals surface area (Å²) >= 11 is 6.89. The summed E-state index contributed by atoms with van der Waals surface area (Å²) in [5, 5.41) is 1.89. The van der Waals surface area contributed by atoms with E-state index in [1.54, 1.807) is 0 Å². The molecular weight excluding hydrogens is 338 g/mol. The zero-order valence-corrected chi connectivity index (χ0v) is 17.2. The van der Waals surface area contributed by atoms with E-state index in [2.05, 4.69) is 69.5 Å². The third-order valence-electron chi connectivity index (χ3n) is 4.78. The van der Waals surface area contributed by atoms with Gasteiger partial charge in [0.2, 0.25) is 0 Å². The third-order valence-corrected chi connectivity index (χ3v) is 5.19. The second kappa shape index (κ2) is 8.60. The van der Waals surface area contributed by atoms with E-state index >= 15 is 0 Å². The largest absolute Gasteiger partial charge is 0.340 e. The van der Waals surface area contributed by atoms with Crippen molar-refractivity contribution in [1.82, 2.24) is 4.57 Å². The highest BCUT2D eigenvalue weighted by molar-refractivity contribution is 6.37. The fourth-order valence-electron chi connectivity index (χ4n) is 3.49. The van der Waals surface area contributed by atoms with E-state index < -0.39 is 0 Å². The van der Waals surface area contributed by atoms with Crippen LogP contribution in [-0.4, -0.2) is 4.57 Å². The van der Waals surface area contributed by atoms with Crippen molar-refractivity contribution >= 4 is 28.1 Å². The van der Waals surface area contributed by atoms with Crippen LogP contribution in [0.15, 0.2) is 61.9 Å². The first kappa shape index (κ1) is 20.3. The molecule has 0 aliphatic carbocycles. The number of allylic oxidation sites excluding steroid dienone is 5. The average Bonchev–Trinajstić information content (AvgIpc) is 3.03. The maximum Gasteiger partial charge on any atom is 0.0578 e. The van der Waals surface area contributed by atoms with Crippen molar-refractivity contribution < 1.29 is 0 Å². The number of nitrogens with zero attached hydrogens (tertiary/aromatic N) is 1. The molecular formula is C24H30ClN. The van der Waals surface area contributed by atoms with Gasteiger partial charge in [0.1, 0.15) is 0 Å². The fraction of sp³-hybridized carbons (Fsp3) is 0.333. The molecule has 0 radical (unpaired) electrons. The summed E-state index contributed by atoms with van der Waals surface area (Å²) in [7, 11) is 0. The van der Waals surface area contributed by atoms with Crippen molar-refractivity contribution in [3.63, 3.8) is 0 Å². The van der Waals surface area contributed by atoms with Crippen LogP contribution in [0.25, 0.3) is 16.5 Å². The Hall–Kier alpha value is -1.99. The van der Waals surface area contributed by atoms with Crippen molar-refractivity contribution in [2.75, 3.05) is 0 Å². The second-order valence-corrected chi connectivity index (χ2v) is 7.48. The maximum absolute atomic E-state index is 6.89. The number of hydrogen-bond donors (Lipinski definition) is 0. The minimum Gasteiger partial charge on any atom is -0.340 e. The topological polar surface area (TPSA) is 4.93 Å². The minimum absolute atomic E-state index is 0.177. The third kappa shape index (κ3) is 3.73. The second-order valence-electron chi connectivity index (χ2n) is 7.10. The van der Waals surface area contributed by atoms with Gasteiger partial charge in [-0.1, -0.05) is 62.8 Å². The lowest BCUT2D eigenvalue weighted by Crippen LogP contribution is -2.06. The molecule has 0 saturated carbocycles. The zero-order valence-electron chi connectivity index (χ0n) is 16.5. The average molecular weight is 368 g/mol. The normalized spacial score (nSPS) is 13.2. The molecule has 2 aromatic rings. The van der Waals surface area contributed by atoms with Crippen LogP contribution in [0.1, 0.15) is 63.6 Å². The van der Waals surface area contributed by atoms with Crippen molar-refractivity contribution in [1.29, 1.82) is 0 Å². The molecule has 0 amide bonds. The van der Waals surface area contributed by atoms with E-state index in [0.717, 1.165) is 40.0 Å². The standard InChI is InChI=1S/C24H30ClN/c1-8-11-18(10-3)26-14-13-20-23(25)22(19(12-9-2)16(4)5)15-21(17(6)7)24(20)26/h8,10,12-15,17-18H,1,3-4,9,11H2,2,5-7H3/b19-12+. The van der Waals surface area contributed by atoms with Gasteiger partial charge in [0.15, 0.2) is 0 Å². The Bertz CT molecular complexity index is 864. The van der Waals surface area contributed by atoms with E-state index in [9.17, 15) is 0 Å². The molecule has 0 spiro atoms. The molecule has 1 atom stereocenters. The summed E-state index contributed by atoms with van der Waals surface area (Å²) in [6.07, 6.45) is 10.0. The quantitative estimate of drug-likeness (QED) is 0.328. The van der Waals surface area contributed by atoms with Gasteiger partial charge < -0.3 is 4.57 Å². The molecule has 1 unspecified atom stereocenters. The number of aromatic nitrogens is 1. The van der Waals surface area contributed by atoms with Gasteiger partial charge in [0.05, 0.1) is 16.6 Å². The smallest absolute Gasteiger partial charge is 0.0578 e. The highest BCUT2D eigenvalue weighted by atomic mass is 35.5. The van der Waals surface area contributed by atoms with Crippen LogP contribution in [0.4, 0.5) is 0 Å². The number of rotatable bonds is 8. The van der Waals surface area contributed by atoms with Crippen LogP contribution in [-0.2, 0) is 0 Å². The van der Waals surface area contributed by atoms with Crippen molar-refractivity contribution in [3.05, 3.63) is 78.0 Å². The molecule has 0 N–H and O–H groups in total. The molecule has 2 rings (SSSR count). The van der Waals surface area contributed by atoms with Crippen LogP contribution in [0.5, 0.6) is 0 Å². The Morgan fingerprint density at radius 1 is 1.31 bits per heavy atom. The number of halogens is 1. The van der Waals surface area contributed by atoms with Gasteiger partial charge in [-0.05, 0) is 49.0 Å². The van der Waals surface area contributed by atoms with Gasteiger partial charge in [-0.25, -0.2) is 0 Å². The van der Waals surface area contributed by atoms with Crippen molar-refractivity contribution in [2.24, 2.45) is 0 Å². The first-order valence-corrected chi connectivity index (χ1v) is 9.67. The maximum atomic E-state index is 6.89. The predicted molar refractivity (Wildman–Crippen MR) is 118 cm³/mol. The lowest BCUT2D eigenvalue weighted by molar-refractivity contribution is 0.632. The summed E-state index contributed by atoms with van der Waals surface area (Å²) in [6.45, 7) is 20.7. The molecule has 0 fully saturated rings. The lowest BCUT2D eigenvalue weighted by Gasteiger charge is -2.21. The molecule has 1 aromatic heterocycles. The monoisotopic (exact) mass is 367 g/mol. The van der Waals surface area contributed by atoms with Gasteiger partial charge in [0, 0.05) is 17.1 Å². The Morgan fingerprint density at radius 3 is 2.50 bits per heavy atom. The van der Waals surface area contributed by atoms with Gasteiger partial charge in [-0.3, -0.25) is 0 Å². The molecule has 1 nitrogen and oxygen atoms in total. The number of benzene rings is 1. The predicted octanol–water partition coefficient (Wildman–Crippen LogP) is 8.09. The van der Waals surface area contributed by atoms with E-state index in [0.29, 0.717) is 5.92 Å². The van der Waals surface area contributed by atoms with Crippen LogP contribution in [0, 0.1) is 0 Å². The van der Waals surface area contributed by atoms with E-state index in [1.165, 1.54) is 11.1 Å². The highest BCUT2D eigenvalue weighted by Crippen LogP contribution is 2.40. The molecule has 0 saturated heterocycles. The Labute approximate surface area is 163 Å². The Balaban J connectivity index is 2.86. The van der Waals surface area contributed by atoms with E-state index in [4.69, 9.17) is 11.6 Å². The molecule has 138 valence electrons. The SMILES string of the molecule is C=CCC(C=C)n1ccc2c(Cl)c(/C(=C/CC)C(=C)C)cc(C(C)C)c21. The highest BCUT2D eigenvalue weighted by Gasteiger charge is 2.20. The number of hydrogen-bond acceptors (Lipinski definition) is 0. The molecule has 26 heavy (non-hydrogen) atoms. The fourth-order valence-corrected chi connectivity index (χ4v) is 3.80. The van der Waals surface area contributed by atoms with Crippen LogP contribution < -0.4 is 0 Å². The van der Waals surface area contributed by atoms with Crippen LogP contribution in [0.3, 0.4) is 0 Å². The summed E-state index contributed by atoms with van der Waals surface area (Å²) in [5.41, 5.74) is 5.74. The van der Waals surface area contributed by atoms with Crippen LogP contribution >= 0.6 is 11.6 Å². The molecule has 0 aliphatic rings. The molecule has 1 heterocycles. The number of fused-ring (bicyclic) bond motifs is 1. The van der Waals surface area contributed by atoms with Gasteiger partial charge in [0.25, 0.3) is 0 Å². The zero-order chi connectivity index (χ0) is 19.4. The van der Waals surface area contributed by atoms with Crippen LogP contribution in [0.2, 0.25) is 5.02 Å². The Morgan fingerprint density at radius 2 is 2.00 bits per heavy atom.